The highest BCUT2D eigenvalue weighted by molar-refractivity contribution is 7.16. The average molecular weight is 444 g/mol. The van der Waals surface area contributed by atoms with Crippen LogP contribution in [0, 0.1) is 13.8 Å². The molecule has 31 heavy (non-hydrogen) atoms. The lowest BCUT2D eigenvalue weighted by atomic mass is 10.1. The van der Waals surface area contributed by atoms with Gasteiger partial charge >= 0.3 is 5.97 Å². The zero-order valence-electron chi connectivity index (χ0n) is 18.3. The van der Waals surface area contributed by atoms with Gasteiger partial charge in [0.25, 0.3) is 0 Å². The molecule has 0 bridgehead atoms. The Bertz CT molecular complexity index is 979. The Morgan fingerprint density at radius 3 is 2.65 bits per heavy atom. The van der Waals surface area contributed by atoms with E-state index in [9.17, 15) is 9.59 Å². The van der Waals surface area contributed by atoms with Crippen LogP contribution in [0.3, 0.4) is 0 Å². The van der Waals surface area contributed by atoms with E-state index in [0.29, 0.717) is 17.1 Å². The minimum atomic E-state index is -0.413. The van der Waals surface area contributed by atoms with Crippen LogP contribution in [0.4, 0.5) is 5.00 Å². The summed E-state index contributed by atoms with van der Waals surface area (Å²) in [6.45, 7) is 9.37. The number of nitrogens with zero attached hydrogens (tertiary/aromatic N) is 2. The normalized spacial score (nSPS) is 16.6. The topological polar surface area (TPSA) is 71.1 Å². The van der Waals surface area contributed by atoms with Crippen molar-refractivity contribution in [2.45, 2.75) is 26.8 Å². The number of ether oxygens (including phenoxy) is 2. The summed E-state index contributed by atoms with van der Waals surface area (Å²) in [7, 11) is 1.36. The van der Waals surface area contributed by atoms with E-state index in [1.54, 1.807) is 0 Å². The molecule has 0 unspecified atom stereocenters. The molecule has 2 aromatic rings. The number of rotatable bonds is 6. The predicted molar refractivity (Wildman–Crippen MR) is 121 cm³/mol. The third kappa shape index (κ3) is 4.92. The number of esters is 1. The predicted octanol–water partition coefficient (Wildman–Crippen LogP) is 2.84. The third-order valence-electron chi connectivity index (χ3n) is 6.02. The van der Waals surface area contributed by atoms with Gasteiger partial charge in [0.1, 0.15) is 10.8 Å². The highest BCUT2D eigenvalue weighted by Gasteiger charge is 2.24. The molecule has 0 spiro atoms. The van der Waals surface area contributed by atoms with Crippen molar-refractivity contribution < 1.29 is 19.1 Å². The maximum Gasteiger partial charge on any atom is 0.341 e. The molecule has 3 heterocycles. The van der Waals surface area contributed by atoms with Crippen LogP contribution in [0.1, 0.15) is 31.9 Å². The number of hydrogen-bond acceptors (Lipinski definition) is 7. The van der Waals surface area contributed by atoms with Crippen molar-refractivity contribution in [2.24, 2.45) is 0 Å². The van der Waals surface area contributed by atoms with E-state index in [1.807, 2.05) is 13.8 Å². The number of piperazine rings is 1. The molecular weight excluding hydrogens is 414 g/mol. The first-order valence-corrected chi connectivity index (χ1v) is 11.4. The van der Waals surface area contributed by atoms with Crippen molar-refractivity contribution in [3.05, 3.63) is 45.3 Å². The van der Waals surface area contributed by atoms with Gasteiger partial charge in [-0.3, -0.25) is 14.6 Å². The molecule has 1 N–H and O–H groups in total. The molecule has 0 atom stereocenters. The second kappa shape index (κ2) is 9.38. The summed E-state index contributed by atoms with van der Waals surface area (Å²) in [6.07, 6.45) is 0.993. The summed E-state index contributed by atoms with van der Waals surface area (Å²) in [5.74, 6) is 0.508. The number of benzene rings is 1. The molecule has 166 valence electrons. The Morgan fingerprint density at radius 2 is 1.90 bits per heavy atom. The lowest BCUT2D eigenvalue weighted by molar-refractivity contribution is -0.117. The average Bonchev–Trinajstić information content (AvgIpc) is 3.32. The van der Waals surface area contributed by atoms with Crippen LogP contribution in [0.25, 0.3) is 0 Å². The Kier molecular flexibility index (Phi) is 6.60. The zero-order valence-corrected chi connectivity index (χ0v) is 19.1. The van der Waals surface area contributed by atoms with E-state index in [0.717, 1.165) is 61.9 Å². The van der Waals surface area contributed by atoms with Crippen LogP contribution in [0.15, 0.2) is 18.2 Å². The zero-order chi connectivity index (χ0) is 22.0. The fourth-order valence-corrected chi connectivity index (χ4v) is 5.20. The van der Waals surface area contributed by atoms with Gasteiger partial charge in [-0.05, 0) is 36.6 Å². The summed E-state index contributed by atoms with van der Waals surface area (Å²) in [4.78, 5) is 30.3. The van der Waals surface area contributed by atoms with Crippen molar-refractivity contribution in [3.8, 4) is 5.75 Å². The Labute approximate surface area is 186 Å². The minimum absolute atomic E-state index is 0.0986. The van der Waals surface area contributed by atoms with Crippen LogP contribution in [0.2, 0.25) is 0 Å². The molecule has 0 saturated carbocycles. The molecule has 0 radical (unpaired) electrons. The smallest absolute Gasteiger partial charge is 0.341 e. The number of methoxy groups -OCH3 is 1. The molecule has 4 rings (SSSR count). The van der Waals surface area contributed by atoms with Gasteiger partial charge in [0.15, 0.2) is 0 Å². The largest absolute Gasteiger partial charge is 0.493 e. The van der Waals surface area contributed by atoms with Crippen molar-refractivity contribution in [3.63, 3.8) is 0 Å². The Balaban J connectivity index is 1.28. The second-order valence-corrected chi connectivity index (χ2v) is 9.34. The first-order chi connectivity index (χ1) is 14.9. The molecule has 1 amide bonds. The summed E-state index contributed by atoms with van der Waals surface area (Å²) in [6, 6.07) is 6.48. The van der Waals surface area contributed by atoms with Crippen molar-refractivity contribution in [1.29, 1.82) is 0 Å². The number of carbonyl (C=O) groups is 2. The van der Waals surface area contributed by atoms with Gasteiger partial charge in [0, 0.05) is 44.0 Å². The van der Waals surface area contributed by atoms with E-state index >= 15 is 0 Å². The van der Waals surface area contributed by atoms with Crippen molar-refractivity contribution >= 4 is 28.2 Å². The number of thiophene rings is 1. The summed E-state index contributed by atoms with van der Waals surface area (Å²) in [5.41, 5.74) is 3.94. The second-order valence-electron chi connectivity index (χ2n) is 8.12. The van der Waals surface area contributed by atoms with Crippen molar-refractivity contribution in [2.75, 3.05) is 51.8 Å². The molecule has 1 aromatic heterocycles. The number of fused-ring (bicyclic) bond motifs is 1. The summed E-state index contributed by atoms with van der Waals surface area (Å²) in [5, 5.41) is 3.50. The van der Waals surface area contributed by atoms with Gasteiger partial charge < -0.3 is 14.8 Å². The maximum atomic E-state index is 12.6. The number of hydrogen-bond donors (Lipinski definition) is 1. The van der Waals surface area contributed by atoms with Crippen LogP contribution < -0.4 is 10.1 Å². The molecular formula is C23H29N3O4S. The van der Waals surface area contributed by atoms with Crippen LogP contribution in [-0.2, 0) is 22.5 Å². The number of carbonyl (C=O) groups excluding carboxylic acids is 2. The SMILES string of the molecule is COC(=O)c1c(NC(=O)CN2CCN(Cc3ccc4c(c3)CCO4)CC2)sc(C)c1C. The fraction of sp³-hybridized carbons (Fsp3) is 0.478. The standard InChI is InChI=1S/C23H29N3O4S/c1-15-16(2)31-22(21(15)23(28)29-3)24-20(27)14-26-9-7-25(8-10-26)13-17-4-5-19-18(12-17)6-11-30-19/h4-5,12H,6-11,13-14H2,1-3H3,(H,24,27). The first kappa shape index (κ1) is 21.8. The molecule has 2 aliphatic rings. The van der Waals surface area contributed by atoms with E-state index < -0.39 is 5.97 Å². The van der Waals surface area contributed by atoms with Crippen LogP contribution in [-0.4, -0.2) is 68.1 Å². The molecule has 1 saturated heterocycles. The molecule has 8 heteroatoms. The van der Waals surface area contributed by atoms with Crippen LogP contribution in [0.5, 0.6) is 5.75 Å². The molecule has 7 nitrogen and oxygen atoms in total. The quantitative estimate of drug-likeness (QED) is 0.693. The molecule has 0 aliphatic carbocycles. The summed E-state index contributed by atoms with van der Waals surface area (Å²) < 4.78 is 10.5. The van der Waals surface area contributed by atoms with E-state index in [4.69, 9.17) is 9.47 Å². The summed E-state index contributed by atoms with van der Waals surface area (Å²) >= 11 is 1.42. The number of anilines is 1. The highest BCUT2D eigenvalue weighted by Crippen LogP contribution is 2.33. The lowest BCUT2D eigenvalue weighted by Gasteiger charge is -2.34. The first-order valence-electron chi connectivity index (χ1n) is 10.6. The molecule has 1 fully saturated rings. The minimum Gasteiger partial charge on any atom is -0.493 e. The van der Waals surface area contributed by atoms with Gasteiger partial charge in [-0.1, -0.05) is 12.1 Å². The Hall–Kier alpha value is -2.42. The van der Waals surface area contributed by atoms with Gasteiger partial charge in [-0.2, -0.15) is 0 Å². The number of amides is 1. The lowest BCUT2D eigenvalue weighted by Crippen LogP contribution is -2.48. The van der Waals surface area contributed by atoms with E-state index in [2.05, 4.69) is 33.3 Å². The van der Waals surface area contributed by atoms with E-state index in [-0.39, 0.29) is 5.91 Å². The maximum absolute atomic E-state index is 12.6. The Morgan fingerprint density at radius 1 is 1.16 bits per heavy atom. The number of nitrogens with one attached hydrogen (secondary N) is 1. The third-order valence-corrected chi connectivity index (χ3v) is 7.14. The van der Waals surface area contributed by atoms with Crippen LogP contribution >= 0.6 is 11.3 Å². The monoisotopic (exact) mass is 443 g/mol. The van der Waals surface area contributed by atoms with Crippen molar-refractivity contribution in [1.82, 2.24) is 9.80 Å². The molecule has 2 aliphatic heterocycles. The molecule has 1 aromatic carbocycles. The fourth-order valence-electron chi connectivity index (χ4n) is 4.13. The van der Waals surface area contributed by atoms with Gasteiger partial charge in [0.05, 0.1) is 25.8 Å². The number of aryl methyl sites for hydroxylation is 1. The van der Waals surface area contributed by atoms with Gasteiger partial charge in [-0.25, -0.2) is 4.79 Å². The van der Waals surface area contributed by atoms with Gasteiger partial charge in [-0.15, -0.1) is 11.3 Å². The highest BCUT2D eigenvalue weighted by atomic mass is 32.1. The van der Waals surface area contributed by atoms with Gasteiger partial charge in [0.2, 0.25) is 5.91 Å². The van der Waals surface area contributed by atoms with E-state index in [1.165, 1.54) is 29.6 Å².